The molecule has 4 rings (SSSR count). The molecule has 2 aromatic rings. The zero-order valence-corrected chi connectivity index (χ0v) is 13.6. The van der Waals surface area contributed by atoms with Gasteiger partial charge in [0.25, 0.3) is 0 Å². The number of aromatic nitrogens is 1. The van der Waals surface area contributed by atoms with E-state index < -0.39 is 0 Å². The van der Waals surface area contributed by atoms with E-state index in [4.69, 9.17) is 16.9 Å². The summed E-state index contributed by atoms with van der Waals surface area (Å²) in [5, 5.41) is 7.03. The molecule has 1 aromatic carbocycles. The van der Waals surface area contributed by atoms with Gasteiger partial charge in [-0.25, -0.2) is 5.32 Å². The first-order valence-electron chi connectivity index (χ1n) is 8.48. The molecule has 3 nitrogen and oxygen atoms in total. The van der Waals surface area contributed by atoms with Gasteiger partial charge >= 0.3 is 0 Å². The third-order valence-corrected chi connectivity index (χ3v) is 5.48. The summed E-state index contributed by atoms with van der Waals surface area (Å²) in [6, 6.07) is 6.18. The summed E-state index contributed by atoms with van der Waals surface area (Å²) in [7, 11) is 0. The Balaban J connectivity index is 1.55. The van der Waals surface area contributed by atoms with Crippen molar-refractivity contribution in [1.82, 2.24) is 15.2 Å². The number of hydrogen-bond donors (Lipinski definition) is 1. The van der Waals surface area contributed by atoms with Crippen LogP contribution in [0.5, 0.6) is 0 Å². The predicted octanol–water partition coefficient (Wildman–Crippen LogP) is 4.12. The minimum Gasteiger partial charge on any atom is -0.361 e. The van der Waals surface area contributed by atoms with Crippen molar-refractivity contribution in [2.75, 3.05) is 19.6 Å². The lowest BCUT2D eigenvalue weighted by Gasteiger charge is -2.39. The zero-order chi connectivity index (χ0) is 14.9. The first kappa shape index (κ1) is 14.6. The molecule has 2 fully saturated rings. The average Bonchev–Trinajstić information content (AvgIpc) is 2.99. The van der Waals surface area contributed by atoms with Crippen molar-refractivity contribution in [3.05, 3.63) is 35.0 Å². The number of halogens is 1. The number of nitrogens with zero attached hydrogens (tertiary/aromatic N) is 2. The van der Waals surface area contributed by atoms with Crippen LogP contribution in [0.15, 0.2) is 24.4 Å². The molecule has 22 heavy (non-hydrogen) atoms. The number of aromatic amines is 1. The van der Waals surface area contributed by atoms with E-state index in [2.05, 4.69) is 22.1 Å². The molecule has 2 saturated heterocycles. The van der Waals surface area contributed by atoms with Gasteiger partial charge in [-0.2, -0.15) is 0 Å². The molecular formula is C18H23ClN3. The van der Waals surface area contributed by atoms with Gasteiger partial charge in [-0.3, -0.25) is 4.90 Å². The molecule has 0 aliphatic carbocycles. The molecule has 4 heteroatoms. The number of rotatable bonds is 2. The van der Waals surface area contributed by atoms with Gasteiger partial charge in [0.1, 0.15) is 0 Å². The second-order valence-electron chi connectivity index (χ2n) is 6.64. The zero-order valence-electron chi connectivity index (χ0n) is 12.9. The number of benzene rings is 1. The topological polar surface area (TPSA) is 33.1 Å². The fourth-order valence-corrected chi connectivity index (χ4v) is 4.22. The van der Waals surface area contributed by atoms with Crippen LogP contribution >= 0.6 is 11.6 Å². The van der Waals surface area contributed by atoms with E-state index in [1.54, 1.807) is 0 Å². The molecule has 0 amide bonds. The molecule has 2 atom stereocenters. The van der Waals surface area contributed by atoms with Gasteiger partial charge in [0.05, 0.1) is 6.17 Å². The molecular weight excluding hydrogens is 294 g/mol. The fraction of sp³-hybridized carbons (Fsp3) is 0.556. The van der Waals surface area contributed by atoms with Gasteiger partial charge in [0, 0.05) is 28.7 Å². The monoisotopic (exact) mass is 316 g/mol. The Morgan fingerprint density at radius 3 is 2.91 bits per heavy atom. The van der Waals surface area contributed by atoms with Crippen LogP contribution in [0.1, 0.15) is 43.6 Å². The number of H-pyrrole nitrogens is 1. The first-order chi connectivity index (χ1) is 10.8. The maximum atomic E-state index is 6.10. The maximum Gasteiger partial charge on any atom is 0.0766 e. The van der Waals surface area contributed by atoms with Gasteiger partial charge in [0.2, 0.25) is 0 Å². The normalized spacial score (nSPS) is 27.3. The van der Waals surface area contributed by atoms with E-state index >= 15 is 0 Å². The SMILES string of the molecule is Clc1ccc2c(C3CC[N][C@H](N4CCCCC4)C3)c[nH]c2c1. The lowest BCUT2D eigenvalue weighted by Crippen LogP contribution is -2.48. The highest BCUT2D eigenvalue weighted by Crippen LogP contribution is 2.35. The molecule has 0 bridgehead atoms. The fourth-order valence-electron chi connectivity index (χ4n) is 4.05. The Morgan fingerprint density at radius 1 is 1.18 bits per heavy atom. The Kier molecular flexibility index (Phi) is 4.12. The molecule has 1 aromatic heterocycles. The van der Waals surface area contributed by atoms with Crippen molar-refractivity contribution in [3.8, 4) is 0 Å². The second kappa shape index (κ2) is 6.23. The van der Waals surface area contributed by atoms with Crippen LogP contribution in [0.2, 0.25) is 5.02 Å². The highest BCUT2D eigenvalue weighted by atomic mass is 35.5. The highest BCUT2D eigenvalue weighted by molar-refractivity contribution is 6.31. The van der Waals surface area contributed by atoms with Crippen LogP contribution in [0.3, 0.4) is 0 Å². The smallest absolute Gasteiger partial charge is 0.0766 e. The predicted molar refractivity (Wildman–Crippen MR) is 91.5 cm³/mol. The van der Waals surface area contributed by atoms with Crippen LogP contribution in [-0.2, 0) is 0 Å². The molecule has 117 valence electrons. The highest BCUT2D eigenvalue weighted by Gasteiger charge is 2.30. The molecule has 0 saturated carbocycles. The molecule has 2 aliphatic rings. The van der Waals surface area contributed by atoms with Gasteiger partial charge < -0.3 is 4.98 Å². The Hall–Kier alpha value is -1.03. The van der Waals surface area contributed by atoms with Gasteiger partial charge in [-0.1, -0.05) is 24.1 Å². The molecule has 1 radical (unpaired) electrons. The summed E-state index contributed by atoms with van der Waals surface area (Å²) in [4.78, 5) is 5.99. The summed E-state index contributed by atoms with van der Waals surface area (Å²) < 4.78 is 0. The number of piperidine rings is 2. The van der Waals surface area contributed by atoms with Crippen molar-refractivity contribution in [2.24, 2.45) is 0 Å². The van der Waals surface area contributed by atoms with E-state index in [0.717, 1.165) is 23.5 Å². The van der Waals surface area contributed by atoms with Crippen LogP contribution < -0.4 is 5.32 Å². The Labute approximate surface area is 137 Å². The maximum absolute atomic E-state index is 6.10. The third kappa shape index (κ3) is 2.78. The van der Waals surface area contributed by atoms with Crippen LogP contribution in [0.4, 0.5) is 0 Å². The van der Waals surface area contributed by atoms with Gasteiger partial charge in [-0.05, 0) is 62.4 Å². The van der Waals surface area contributed by atoms with Crippen molar-refractivity contribution >= 4 is 22.5 Å². The lowest BCUT2D eigenvalue weighted by atomic mass is 9.87. The van der Waals surface area contributed by atoms with Gasteiger partial charge in [0.15, 0.2) is 0 Å². The largest absolute Gasteiger partial charge is 0.361 e. The summed E-state index contributed by atoms with van der Waals surface area (Å²) in [5.74, 6) is 0.611. The van der Waals surface area contributed by atoms with E-state index in [0.29, 0.717) is 12.1 Å². The summed E-state index contributed by atoms with van der Waals surface area (Å²) >= 11 is 6.10. The number of fused-ring (bicyclic) bond motifs is 1. The van der Waals surface area contributed by atoms with E-state index in [1.807, 2.05) is 12.1 Å². The van der Waals surface area contributed by atoms with Gasteiger partial charge in [-0.15, -0.1) is 0 Å². The molecule has 1 unspecified atom stereocenters. The molecule has 0 spiro atoms. The summed E-state index contributed by atoms with van der Waals surface area (Å²) in [6.45, 7) is 3.45. The van der Waals surface area contributed by atoms with Crippen molar-refractivity contribution < 1.29 is 0 Å². The van der Waals surface area contributed by atoms with Crippen LogP contribution in [0.25, 0.3) is 10.9 Å². The van der Waals surface area contributed by atoms with Crippen LogP contribution in [0, 0.1) is 0 Å². The minimum atomic E-state index is 0.427. The minimum absolute atomic E-state index is 0.427. The number of hydrogen-bond acceptors (Lipinski definition) is 1. The summed E-state index contributed by atoms with van der Waals surface area (Å²) in [6.07, 6.45) is 9.00. The van der Waals surface area contributed by atoms with Crippen LogP contribution in [-0.4, -0.2) is 35.7 Å². The van der Waals surface area contributed by atoms with E-state index in [9.17, 15) is 0 Å². The first-order valence-corrected chi connectivity index (χ1v) is 8.86. The van der Waals surface area contributed by atoms with Crippen molar-refractivity contribution in [2.45, 2.75) is 44.2 Å². The van der Waals surface area contributed by atoms with E-state index in [-0.39, 0.29) is 0 Å². The Bertz CT molecular complexity index is 645. The third-order valence-electron chi connectivity index (χ3n) is 5.24. The molecule has 1 N–H and O–H groups in total. The van der Waals surface area contributed by atoms with E-state index in [1.165, 1.54) is 49.7 Å². The second-order valence-corrected chi connectivity index (χ2v) is 7.08. The summed E-state index contributed by atoms with van der Waals surface area (Å²) in [5.41, 5.74) is 2.60. The molecule has 3 heterocycles. The quantitative estimate of drug-likeness (QED) is 0.888. The van der Waals surface area contributed by atoms with Crippen molar-refractivity contribution in [3.63, 3.8) is 0 Å². The number of likely N-dealkylation sites (tertiary alicyclic amines) is 1. The average molecular weight is 317 g/mol. The van der Waals surface area contributed by atoms with Crippen molar-refractivity contribution in [1.29, 1.82) is 0 Å². The Morgan fingerprint density at radius 2 is 2.05 bits per heavy atom. The molecule has 2 aliphatic heterocycles. The standard InChI is InChI=1S/C18H23ClN3/c19-14-4-5-15-16(12-21-17(15)11-14)13-6-7-20-18(10-13)22-8-2-1-3-9-22/h4-5,11-13,18,21H,1-3,6-10H2/t13?,18-/m1/s1. The number of nitrogens with one attached hydrogen (secondary N) is 1. The lowest BCUT2D eigenvalue weighted by molar-refractivity contribution is 0.104.